The minimum atomic E-state index is -0.307. The fourth-order valence-electron chi connectivity index (χ4n) is 1.02. The normalized spacial score (nSPS) is 15.1. The van der Waals surface area contributed by atoms with Crippen molar-refractivity contribution in [1.29, 1.82) is 0 Å². The zero-order valence-electron chi connectivity index (χ0n) is 7.12. The summed E-state index contributed by atoms with van der Waals surface area (Å²) in [6.07, 6.45) is 7.63. The molecule has 0 fully saturated rings. The molecule has 0 unspecified atom stereocenters. The molecular formula is C10H12O2. The minimum absolute atomic E-state index is 0.0315. The molecule has 0 amide bonds. The van der Waals surface area contributed by atoms with E-state index in [9.17, 15) is 4.79 Å². The van der Waals surface area contributed by atoms with Gasteiger partial charge in [0.1, 0.15) is 0 Å². The van der Waals surface area contributed by atoms with Crippen LogP contribution >= 0.6 is 0 Å². The Morgan fingerprint density at radius 1 is 1.50 bits per heavy atom. The molecule has 0 atom stereocenters. The standard InChI is InChI=1S/C10H12O2/c1-3-12-10(11)8(2)9-6-4-5-7-9/h4-7,9H,2-3H2,1H3. The lowest BCUT2D eigenvalue weighted by Crippen LogP contribution is -2.11. The summed E-state index contributed by atoms with van der Waals surface area (Å²) in [6.45, 7) is 5.86. The summed E-state index contributed by atoms with van der Waals surface area (Å²) in [5.74, 6) is -0.275. The second kappa shape index (κ2) is 3.90. The lowest BCUT2D eigenvalue weighted by molar-refractivity contribution is -0.138. The molecule has 1 rings (SSSR count). The molecule has 64 valence electrons. The fraction of sp³-hybridized carbons (Fsp3) is 0.300. The Labute approximate surface area is 72.2 Å². The average Bonchev–Trinajstić information content (AvgIpc) is 2.55. The number of carbonyl (C=O) groups is 1. The predicted molar refractivity (Wildman–Crippen MR) is 47.5 cm³/mol. The Kier molecular flexibility index (Phi) is 2.86. The molecule has 0 radical (unpaired) electrons. The van der Waals surface area contributed by atoms with Crippen LogP contribution in [0.1, 0.15) is 6.92 Å². The lowest BCUT2D eigenvalue weighted by atomic mass is 10.0. The summed E-state index contributed by atoms with van der Waals surface area (Å²) in [7, 11) is 0. The van der Waals surface area contributed by atoms with Crippen LogP contribution in [0.3, 0.4) is 0 Å². The summed E-state index contributed by atoms with van der Waals surface area (Å²) in [5.41, 5.74) is 0.502. The Morgan fingerprint density at radius 3 is 2.58 bits per heavy atom. The van der Waals surface area contributed by atoms with Crippen molar-refractivity contribution in [2.24, 2.45) is 5.92 Å². The first-order valence-corrected chi connectivity index (χ1v) is 3.96. The van der Waals surface area contributed by atoms with Gasteiger partial charge in [-0.1, -0.05) is 30.9 Å². The molecule has 0 saturated carbocycles. The van der Waals surface area contributed by atoms with Crippen LogP contribution in [0.2, 0.25) is 0 Å². The molecule has 0 aliphatic heterocycles. The van der Waals surface area contributed by atoms with E-state index in [4.69, 9.17) is 4.74 Å². The lowest BCUT2D eigenvalue weighted by Gasteiger charge is -2.07. The van der Waals surface area contributed by atoms with Gasteiger partial charge in [0.25, 0.3) is 0 Å². The second-order valence-corrected chi connectivity index (χ2v) is 2.54. The van der Waals surface area contributed by atoms with Crippen LogP contribution in [0.5, 0.6) is 0 Å². The van der Waals surface area contributed by atoms with Gasteiger partial charge < -0.3 is 4.74 Å². The van der Waals surface area contributed by atoms with E-state index in [-0.39, 0.29) is 11.9 Å². The topological polar surface area (TPSA) is 26.3 Å². The van der Waals surface area contributed by atoms with Crippen LogP contribution in [0.25, 0.3) is 0 Å². The van der Waals surface area contributed by atoms with E-state index in [1.54, 1.807) is 6.92 Å². The Balaban J connectivity index is 2.52. The van der Waals surface area contributed by atoms with Gasteiger partial charge in [-0.25, -0.2) is 4.79 Å². The summed E-state index contributed by atoms with van der Waals surface area (Å²) < 4.78 is 4.81. The molecule has 0 aromatic rings. The molecule has 0 spiro atoms. The highest BCUT2D eigenvalue weighted by Crippen LogP contribution is 2.18. The van der Waals surface area contributed by atoms with Crippen LogP contribution < -0.4 is 0 Å². The van der Waals surface area contributed by atoms with Gasteiger partial charge >= 0.3 is 5.97 Å². The quantitative estimate of drug-likeness (QED) is 0.470. The van der Waals surface area contributed by atoms with Gasteiger partial charge in [-0.3, -0.25) is 0 Å². The predicted octanol–water partition coefficient (Wildman–Crippen LogP) is 1.85. The van der Waals surface area contributed by atoms with E-state index < -0.39 is 0 Å². The summed E-state index contributed by atoms with van der Waals surface area (Å²) >= 11 is 0. The highest BCUT2D eigenvalue weighted by atomic mass is 16.5. The number of esters is 1. The van der Waals surface area contributed by atoms with Crippen molar-refractivity contribution in [3.63, 3.8) is 0 Å². The maximum absolute atomic E-state index is 11.1. The van der Waals surface area contributed by atoms with Gasteiger partial charge in [-0.15, -0.1) is 0 Å². The maximum Gasteiger partial charge on any atom is 0.334 e. The van der Waals surface area contributed by atoms with Crippen LogP contribution in [0, 0.1) is 5.92 Å². The van der Waals surface area contributed by atoms with Crippen molar-refractivity contribution < 1.29 is 9.53 Å². The fourth-order valence-corrected chi connectivity index (χ4v) is 1.02. The number of carbonyl (C=O) groups excluding carboxylic acids is 1. The van der Waals surface area contributed by atoms with Crippen molar-refractivity contribution >= 4 is 5.97 Å². The van der Waals surface area contributed by atoms with Crippen LogP contribution in [0.4, 0.5) is 0 Å². The van der Waals surface area contributed by atoms with E-state index in [0.717, 1.165) is 0 Å². The molecule has 12 heavy (non-hydrogen) atoms. The molecular weight excluding hydrogens is 152 g/mol. The highest BCUT2D eigenvalue weighted by molar-refractivity contribution is 5.89. The van der Waals surface area contributed by atoms with E-state index in [0.29, 0.717) is 12.2 Å². The minimum Gasteiger partial charge on any atom is -0.463 e. The first kappa shape index (κ1) is 8.78. The molecule has 2 heteroatoms. The van der Waals surface area contributed by atoms with Crippen LogP contribution in [-0.2, 0) is 9.53 Å². The average molecular weight is 164 g/mol. The Bertz CT molecular complexity index is 237. The third-order valence-corrected chi connectivity index (χ3v) is 1.69. The zero-order valence-corrected chi connectivity index (χ0v) is 7.12. The van der Waals surface area contributed by atoms with Crippen LogP contribution in [-0.4, -0.2) is 12.6 Å². The third kappa shape index (κ3) is 1.84. The number of rotatable bonds is 3. The van der Waals surface area contributed by atoms with Crippen molar-refractivity contribution in [3.8, 4) is 0 Å². The van der Waals surface area contributed by atoms with Gasteiger partial charge in [0.05, 0.1) is 6.61 Å². The van der Waals surface area contributed by atoms with E-state index >= 15 is 0 Å². The number of allylic oxidation sites excluding steroid dienone is 4. The van der Waals surface area contributed by atoms with Crippen molar-refractivity contribution in [1.82, 2.24) is 0 Å². The monoisotopic (exact) mass is 164 g/mol. The molecule has 0 bridgehead atoms. The Morgan fingerprint density at radius 2 is 2.08 bits per heavy atom. The van der Waals surface area contributed by atoms with Gasteiger partial charge in [0.15, 0.2) is 0 Å². The second-order valence-electron chi connectivity index (χ2n) is 2.54. The summed E-state index contributed by atoms with van der Waals surface area (Å²) in [4.78, 5) is 11.1. The smallest absolute Gasteiger partial charge is 0.334 e. The molecule has 0 heterocycles. The first-order valence-electron chi connectivity index (χ1n) is 3.96. The number of hydrogen-bond donors (Lipinski definition) is 0. The highest BCUT2D eigenvalue weighted by Gasteiger charge is 2.16. The van der Waals surface area contributed by atoms with E-state index in [1.807, 2.05) is 24.3 Å². The van der Waals surface area contributed by atoms with Gasteiger partial charge in [0, 0.05) is 11.5 Å². The van der Waals surface area contributed by atoms with Crippen molar-refractivity contribution in [3.05, 3.63) is 36.5 Å². The molecule has 1 aliphatic rings. The summed E-state index contributed by atoms with van der Waals surface area (Å²) in [6, 6.07) is 0. The van der Waals surface area contributed by atoms with E-state index in [2.05, 4.69) is 6.58 Å². The molecule has 0 saturated heterocycles. The molecule has 1 aliphatic carbocycles. The summed E-state index contributed by atoms with van der Waals surface area (Å²) in [5, 5.41) is 0. The molecule has 0 aromatic heterocycles. The van der Waals surface area contributed by atoms with Gasteiger partial charge in [-0.2, -0.15) is 0 Å². The Hall–Kier alpha value is -1.31. The largest absolute Gasteiger partial charge is 0.463 e. The zero-order chi connectivity index (χ0) is 8.97. The van der Waals surface area contributed by atoms with Crippen LogP contribution in [0.15, 0.2) is 36.5 Å². The number of hydrogen-bond acceptors (Lipinski definition) is 2. The van der Waals surface area contributed by atoms with Gasteiger partial charge in [-0.05, 0) is 6.92 Å². The van der Waals surface area contributed by atoms with E-state index in [1.165, 1.54) is 0 Å². The molecule has 0 aromatic carbocycles. The maximum atomic E-state index is 11.1. The SMILES string of the molecule is C=C(C(=O)OCC)C1C=CC=C1. The molecule has 0 N–H and O–H groups in total. The van der Waals surface area contributed by atoms with Crippen molar-refractivity contribution in [2.75, 3.05) is 6.61 Å². The molecule has 2 nitrogen and oxygen atoms in total. The van der Waals surface area contributed by atoms with Crippen molar-refractivity contribution in [2.45, 2.75) is 6.92 Å². The third-order valence-electron chi connectivity index (χ3n) is 1.69. The van der Waals surface area contributed by atoms with Gasteiger partial charge in [0.2, 0.25) is 0 Å². The first-order chi connectivity index (χ1) is 5.75. The number of ether oxygens (including phenoxy) is 1.